The van der Waals surface area contributed by atoms with Gasteiger partial charge in [-0.1, -0.05) is 18.2 Å². The number of phenols is 1. The summed E-state index contributed by atoms with van der Waals surface area (Å²) in [4.78, 5) is 13.9. The Bertz CT molecular complexity index is 1110. The van der Waals surface area contributed by atoms with Gasteiger partial charge in [0.2, 0.25) is 0 Å². The van der Waals surface area contributed by atoms with E-state index in [2.05, 4.69) is 24.8 Å². The lowest BCUT2D eigenvalue weighted by molar-refractivity contribution is -0.188. The molecule has 0 unspecified atom stereocenters. The molecule has 2 N–H and O–H groups in total. The van der Waals surface area contributed by atoms with E-state index >= 15 is 0 Å². The quantitative estimate of drug-likeness (QED) is 0.682. The number of nitrogens with zero attached hydrogens (tertiary/aromatic N) is 1. The minimum atomic E-state index is -1.11. The molecule has 2 saturated heterocycles. The zero-order valence-corrected chi connectivity index (χ0v) is 20.2. The molecular formula is C27H33NO6. The summed E-state index contributed by atoms with van der Waals surface area (Å²) in [5, 5.41) is 19.5. The Morgan fingerprint density at radius 3 is 2.82 bits per heavy atom. The number of piperidine rings is 1. The van der Waals surface area contributed by atoms with E-state index in [1.165, 1.54) is 0 Å². The summed E-state index contributed by atoms with van der Waals surface area (Å²) >= 11 is 0. The van der Waals surface area contributed by atoms with Crippen molar-refractivity contribution in [2.45, 2.75) is 58.0 Å². The van der Waals surface area contributed by atoms with Crippen molar-refractivity contribution in [1.29, 1.82) is 0 Å². The monoisotopic (exact) mass is 467 g/mol. The van der Waals surface area contributed by atoms with Gasteiger partial charge in [-0.15, -0.1) is 0 Å². The van der Waals surface area contributed by atoms with Gasteiger partial charge in [0.15, 0.2) is 11.5 Å². The summed E-state index contributed by atoms with van der Waals surface area (Å²) in [7, 11) is 1.67. The van der Waals surface area contributed by atoms with E-state index in [0.29, 0.717) is 18.0 Å². The number of methoxy groups -OCH3 is 1. The fourth-order valence-electron chi connectivity index (χ4n) is 6.04. The van der Waals surface area contributed by atoms with Crippen LogP contribution in [0.1, 0.15) is 59.8 Å². The minimum Gasteiger partial charge on any atom is -0.507 e. The first-order valence-electron chi connectivity index (χ1n) is 12.0. The van der Waals surface area contributed by atoms with Crippen molar-refractivity contribution in [3.8, 4) is 17.2 Å². The third kappa shape index (κ3) is 3.91. The Hall–Kier alpha value is -2.77. The number of benzene rings is 2. The number of ether oxygens (including phenoxy) is 3. The van der Waals surface area contributed by atoms with Crippen LogP contribution >= 0.6 is 0 Å². The zero-order chi connectivity index (χ0) is 24.2. The number of rotatable bonds is 4. The molecule has 4 atom stereocenters. The molecule has 0 spiro atoms. The summed E-state index contributed by atoms with van der Waals surface area (Å²) in [6.45, 7) is 8.43. The molecule has 34 heavy (non-hydrogen) atoms. The molecule has 182 valence electrons. The molecule has 3 aliphatic heterocycles. The Kier molecular flexibility index (Phi) is 5.73. The SMILES string of the molecule is COc1cccc2c1OC(C)(C)[C@@H]1C[C@H]3CN(Cc4cc(C)c(O)c(C(=O)O)c4)CC[C@H]3O[C@@H]21. The number of carboxylic acid groups (broad SMARTS) is 1. The predicted molar refractivity (Wildman–Crippen MR) is 127 cm³/mol. The van der Waals surface area contributed by atoms with Crippen LogP contribution in [-0.4, -0.2) is 53.0 Å². The predicted octanol–water partition coefficient (Wildman–Crippen LogP) is 4.55. The second-order valence-electron chi connectivity index (χ2n) is 10.4. The number of para-hydroxylation sites is 1. The topological polar surface area (TPSA) is 88.5 Å². The number of fused-ring (bicyclic) bond motifs is 4. The van der Waals surface area contributed by atoms with Gasteiger partial charge in [0.1, 0.15) is 16.9 Å². The van der Waals surface area contributed by atoms with Crippen molar-refractivity contribution in [2.24, 2.45) is 11.8 Å². The zero-order valence-electron chi connectivity index (χ0n) is 20.2. The van der Waals surface area contributed by atoms with Crippen LogP contribution in [-0.2, 0) is 11.3 Å². The number of carbonyl (C=O) groups is 1. The lowest BCUT2D eigenvalue weighted by Crippen LogP contribution is -2.55. The van der Waals surface area contributed by atoms with Crippen molar-refractivity contribution >= 4 is 5.97 Å². The van der Waals surface area contributed by atoms with Crippen molar-refractivity contribution < 1.29 is 29.2 Å². The van der Waals surface area contributed by atoms with E-state index in [0.717, 1.165) is 48.6 Å². The largest absolute Gasteiger partial charge is 0.507 e. The normalized spacial score (nSPS) is 27.6. The van der Waals surface area contributed by atoms with Crippen molar-refractivity contribution in [3.63, 3.8) is 0 Å². The third-order valence-corrected chi connectivity index (χ3v) is 7.78. The molecule has 0 aliphatic carbocycles. The summed E-state index contributed by atoms with van der Waals surface area (Å²) in [6, 6.07) is 9.49. The fourth-order valence-corrected chi connectivity index (χ4v) is 6.04. The highest BCUT2D eigenvalue weighted by molar-refractivity contribution is 5.91. The Morgan fingerprint density at radius 2 is 2.09 bits per heavy atom. The summed E-state index contributed by atoms with van der Waals surface area (Å²) in [5.74, 6) is 0.881. The molecule has 0 radical (unpaired) electrons. The molecule has 2 fully saturated rings. The molecule has 0 aromatic heterocycles. The van der Waals surface area contributed by atoms with Crippen molar-refractivity contribution in [2.75, 3.05) is 20.2 Å². The molecule has 3 heterocycles. The Labute approximate surface area is 200 Å². The van der Waals surface area contributed by atoms with E-state index in [4.69, 9.17) is 14.2 Å². The lowest BCUT2D eigenvalue weighted by atomic mass is 9.70. The number of aryl methyl sites for hydroxylation is 1. The molecule has 5 rings (SSSR count). The molecule has 0 saturated carbocycles. The standard InChI is InChI=1S/C27H33NO6/c1-15-10-16(11-19(23(15)29)26(30)31)13-28-9-8-21-17(14-28)12-20-24(33-21)18-6-5-7-22(32-4)25(18)34-27(20,2)3/h5-7,10-11,17,20-21,24,29H,8-9,12-14H2,1-4H3,(H,30,31)/t17-,20+,21+,24-/m0/s1. The van der Waals surface area contributed by atoms with Crippen LogP contribution in [0.4, 0.5) is 0 Å². The van der Waals surface area contributed by atoms with Gasteiger partial charge in [0.05, 0.1) is 19.3 Å². The van der Waals surface area contributed by atoms with Crippen molar-refractivity contribution in [1.82, 2.24) is 4.90 Å². The number of hydrogen-bond acceptors (Lipinski definition) is 6. The average molecular weight is 468 g/mol. The van der Waals surface area contributed by atoms with Gasteiger partial charge >= 0.3 is 5.97 Å². The highest BCUT2D eigenvalue weighted by atomic mass is 16.5. The number of hydrogen-bond donors (Lipinski definition) is 2. The smallest absolute Gasteiger partial charge is 0.339 e. The summed E-state index contributed by atoms with van der Waals surface area (Å²) in [6.07, 6.45) is 2.10. The average Bonchev–Trinajstić information content (AvgIpc) is 2.79. The van der Waals surface area contributed by atoms with Gasteiger partial charge in [-0.25, -0.2) is 4.79 Å². The van der Waals surface area contributed by atoms with Gasteiger partial charge in [-0.2, -0.15) is 0 Å². The van der Waals surface area contributed by atoms with Crippen LogP contribution in [0.3, 0.4) is 0 Å². The first-order chi connectivity index (χ1) is 16.2. The van der Waals surface area contributed by atoms with Gasteiger partial charge in [-0.3, -0.25) is 4.90 Å². The highest BCUT2D eigenvalue weighted by Gasteiger charge is 2.51. The van der Waals surface area contributed by atoms with E-state index in [9.17, 15) is 15.0 Å². The van der Waals surface area contributed by atoms with Crippen LogP contribution in [0, 0.1) is 18.8 Å². The van der Waals surface area contributed by atoms with E-state index in [1.807, 2.05) is 18.2 Å². The number of aromatic carboxylic acids is 1. The molecule has 7 nitrogen and oxygen atoms in total. The number of carboxylic acids is 1. The third-order valence-electron chi connectivity index (χ3n) is 7.78. The lowest BCUT2D eigenvalue weighted by Gasteiger charge is -2.53. The van der Waals surface area contributed by atoms with Crippen LogP contribution in [0.2, 0.25) is 0 Å². The first-order valence-corrected chi connectivity index (χ1v) is 12.0. The van der Waals surface area contributed by atoms with Crippen LogP contribution in [0.15, 0.2) is 30.3 Å². The first kappa shape index (κ1) is 23.0. The van der Waals surface area contributed by atoms with Crippen LogP contribution in [0.5, 0.6) is 17.2 Å². The molecule has 3 aliphatic rings. The maximum atomic E-state index is 11.5. The molecule has 2 aromatic carbocycles. The van der Waals surface area contributed by atoms with Crippen LogP contribution < -0.4 is 9.47 Å². The molecule has 0 bridgehead atoms. The number of likely N-dealkylation sites (tertiary alicyclic amines) is 1. The summed E-state index contributed by atoms with van der Waals surface area (Å²) < 4.78 is 18.8. The van der Waals surface area contributed by atoms with Gasteiger partial charge in [0.25, 0.3) is 0 Å². The summed E-state index contributed by atoms with van der Waals surface area (Å²) in [5.41, 5.74) is 2.14. The van der Waals surface area contributed by atoms with Crippen LogP contribution in [0.25, 0.3) is 0 Å². The van der Waals surface area contributed by atoms with Crippen molar-refractivity contribution in [3.05, 3.63) is 52.6 Å². The second-order valence-corrected chi connectivity index (χ2v) is 10.4. The molecule has 2 aromatic rings. The van der Waals surface area contributed by atoms with Gasteiger partial charge in [-0.05, 0) is 62.8 Å². The maximum absolute atomic E-state index is 11.5. The second kappa shape index (κ2) is 8.47. The van der Waals surface area contributed by atoms with E-state index in [-0.39, 0.29) is 35.0 Å². The molecule has 7 heteroatoms. The van der Waals surface area contributed by atoms with Gasteiger partial charge < -0.3 is 24.4 Å². The molecule has 0 amide bonds. The molecular weight excluding hydrogens is 434 g/mol. The Balaban J connectivity index is 1.35. The van der Waals surface area contributed by atoms with Gasteiger partial charge in [0, 0.05) is 31.1 Å². The number of aromatic hydroxyl groups is 1. The highest BCUT2D eigenvalue weighted by Crippen LogP contribution is 2.55. The minimum absolute atomic E-state index is 0.0143. The maximum Gasteiger partial charge on any atom is 0.339 e. The fraction of sp³-hybridized carbons (Fsp3) is 0.519. The Morgan fingerprint density at radius 1 is 1.29 bits per heavy atom. The van der Waals surface area contributed by atoms with E-state index < -0.39 is 5.97 Å². The van der Waals surface area contributed by atoms with E-state index in [1.54, 1.807) is 20.1 Å².